The van der Waals surface area contributed by atoms with Gasteiger partial charge in [0.1, 0.15) is 16.1 Å². The molecular weight excluding hydrogens is 374 g/mol. The number of benzene rings is 1. The van der Waals surface area contributed by atoms with Crippen LogP contribution < -0.4 is 0 Å². The Morgan fingerprint density at radius 2 is 2.19 bits per heavy atom. The van der Waals surface area contributed by atoms with Gasteiger partial charge in [-0.15, -0.1) is 0 Å². The van der Waals surface area contributed by atoms with Crippen molar-refractivity contribution in [2.24, 2.45) is 5.92 Å². The number of pyridine rings is 1. The minimum absolute atomic E-state index is 0.450. The van der Waals surface area contributed by atoms with E-state index in [0.29, 0.717) is 17.7 Å². The maximum absolute atomic E-state index is 10.2. The number of hydrogen-bond acceptors (Lipinski definition) is 6. The molecule has 0 unspecified atom stereocenters. The third-order valence-electron chi connectivity index (χ3n) is 5.61. The molecule has 6 heteroatoms. The number of fused-ring (bicyclic) bond motifs is 3. The van der Waals surface area contributed by atoms with Gasteiger partial charge in [0.15, 0.2) is 4.34 Å². The van der Waals surface area contributed by atoms with E-state index in [1.807, 2.05) is 30.5 Å². The van der Waals surface area contributed by atoms with Gasteiger partial charge in [0.2, 0.25) is 0 Å². The number of phenolic OH excluding ortho intramolecular Hbond substituents is 1. The van der Waals surface area contributed by atoms with Crippen LogP contribution in [0.5, 0.6) is 5.75 Å². The van der Waals surface area contributed by atoms with E-state index in [1.54, 1.807) is 23.1 Å². The van der Waals surface area contributed by atoms with Gasteiger partial charge >= 0.3 is 0 Å². The fourth-order valence-electron chi connectivity index (χ4n) is 4.30. The summed E-state index contributed by atoms with van der Waals surface area (Å²) in [5, 5.41) is 10.2. The Morgan fingerprint density at radius 3 is 3.07 bits per heavy atom. The first-order chi connectivity index (χ1) is 13.2. The van der Waals surface area contributed by atoms with Crippen LogP contribution in [0.4, 0.5) is 0 Å². The minimum atomic E-state index is 0.450. The lowest BCUT2D eigenvalue weighted by Gasteiger charge is -2.42. The molecule has 0 bridgehead atoms. The minimum Gasteiger partial charge on any atom is -0.508 e. The molecule has 2 aliphatic rings. The zero-order chi connectivity index (χ0) is 18.4. The van der Waals surface area contributed by atoms with Crippen LogP contribution in [-0.4, -0.2) is 45.4 Å². The van der Waals surface area contributed by atoms with E-state index in [0.717, 1.165) is 45.4 Å². The van der Waals surface area contributed by atoms with Gasteiger partial charge in [-0.05, 0) is 60.7 Å². The highest BCUT2D eigenvalue weighted by molar-refractivity contribution is 8.01. The summed E-state index contributed by atoms with van der Waals surface area (Å²) >= 11 is 3.47. The monoisotopic (exact) mass is 395 g/mol. The van der Waals surface area contributed by atoms with E-state index in [-0.39, 0.29) is 0 Å². The van der Waals surface area contributed by atoms with Crippen LogP contribution in [0.1, 0.15) is 11.1 Å². The van der Waals surface area contributed by atoms with E-state index in [9.17, 15) is 5.11 Å². The molecule has 1 aromatic carbocycles. The van der Waals surface area contributed by atoms with Crippen LogP contribution in [0, 0.1) is 5.92 Å². The zero-order valence-electron chi connectivity index (χ0n) is 15.1. The van der Waals surface area contributed by atoms with Gasteiger partial charge in [-0.3, -0.25) is 4.90 Å². The summed E-state index contributed by atoms with van der Waals surface area (Å²) in [4.78, 5) is 12.6. The number of thioether (sulfide) groups is 1. The van der Waals surface area contributed by atoms with Crippen molar-refractivity contribution < 1.29 is 5.11 Å². The molecule has 0 saturated heterocycles. The first-order valence-corrected chi connectivity index (χ1v) is 11.0. The topological polar surface area (TPSA) is 49.2 Å². The van der Waals surface area contributed by atoms with Crippen molar-refractivity contribution in [2.45, 2.75) is 23.2 Å². The maximum Gasteiger partial charge on any atom is 0.152 e. The summed E-state index contributed by atoms with van der Waals surface area (Å²) in [5.74, 6) is 1.88. The van der Waals surface area contributed by atoms with Crippen molar-refractivity contribution in [3.63, 3.8) is 0 Å². The van der Waals surface area contributed by atoms with Gasteiger partial charge < -0.3 is 5.11 Å². The Morgan fingerprint density at radius 1 is 1.26 bits per heavy atom. The van der Waals surface area contributed by atoms with E-state index in [1.165, 1.54) is 11.1 Å². The second kappa shape index (κ2) is 6.93. The molecule has 1 N–H and O–H groups in total. The summed E-state index contributed by atoms with van der Waals surface area (Å²) in [7, 11) is 2.23. The summed E-state index contributed by atoms with van der Waals surface area (Å²) in [5.41, 5.74) is 4.87. The number of likely N-dealkylation sites (N-methyl/N-ethyl adjacent to an activating group) is 1. The first kappa shape index (κ1) is 17.2. The largest absolute Gasteiger partial charge is 0.508 e. The highest BCUT2D eigenvalue weighted by Gasteiger charge is 2.34. The van der Waals surface area contributed by atoms with Crippen molar-refractivity contribution in [3.8, 4) is 5.75 Å². The second-order valence-electron chi connectivity index (χ2n) is 7.39. The molecule has 1 aliphatic heterocycles. The summed E-state index contributed by atoms with van der Waals surface area (Å²) < 4.78 is 1.08. The van der Waals surface area contributed by atoms with Crippen LogP contribution >= 0.6 is 23.1 Å². The molecule has 3 heterocycles. The number of phenols is 1. The molecule has 0 saturated carbocycles. The average Bonchev–Trinajstić information content (AvgIpc) is 3.09. The van der Waals surface area contributed by atoms with Crippen molar-refractivity contribution in [1.82, 2.24) is 14.9 Å². The molecule has 5 rings (SSSR count). The lowest BCUT2D eigenvalue weighted by atomic mass is 9.76. The molecule has 0 radical (unpaired) electrons. The highest BCUT2D eigenvalue weighted by atomic mass is 32.2. The third kappa shape index (κ3) is 3.26. The molecule has 1 aliphatic carbocycles. The van der Waals surface area contributed by atoms with Crippen LogP contribution in [0.25, 0.3) is 10.3 Å². The van der Waals surface area contributed by atoms with E-state index in [2.05, 4.69) is 34.1 Å². The maximum atomic E-state index is 10.2. The van der Waals surface area contributed by atoms with E-state index < -0.39 is 0 Å². The predicted molar refractivity (Wildman–Crippen MR) is 112 cm³/mol. The van der Waals surface area contributed by atoms with Gasteiger partial charge in [-0.1, -0.05) is 41.3 Å². The summed E-state index contributed by atoms with van der Waals surface area (Å²) in [6, 6.07) is 10.4. The van der Waals surface area contributed by atoms with Crippen LogP contribution in [0.3, 0.4) is 0 Å². The molecule has 138 valence electrons. The van der Waals surface area contributed by atoms with Gasteiger partial charge in [0.25, 0.3) is 0 Å². The zero-order valence-corrected chi connectivity index (χ0v) is 16.8. The van der Waals surface area contributed by atoms with Crippen molar-refractivity contribution in [2.75, 3.05) is 19.3 Å². The molecule has 4 nitrogen and oxygen atoms in total. The lowest BCUT2D eigenvalue weighted by Crippen LogP contribution is -2.46. The SMILES string of the molecule is CN1CC(CSc2nc3cccnc3s2)=C[C@@H]2Cc3c(O)cccc3C[C@H]21. The standard InChI is InChI=1S/C21H21N3OS2/c1-24-11-13(12-26-21-23-17-5-3-7-22-20(17)27-21)8-15-9-16-14(10-18(15)24)4-2-6-19(16)25/h2-8,15,18,25H,9-12H2,1H3/t15-,18-/m1/s1. The lowest BCUT2D eigenvalue weighted by molar-refractivity contribution is 0.184. The molecule has 0 amide bonds. The number of thiazole rings is 1. The smallest absolute Gasteiger partial charge is 0.152 e. The number of aromatic hydroxyl groups is 1. The summed E-state index contributed by atoms with van der Waals surface area (Å²) in [6.45, 7) is 1.01. The van der Waals surface area contributed by atoms with Gasteiger partial charge in [-0.2, -0.15) is 0 Å². The first-order valence-electron chi connectivity index (χ1n) is 9.21. The number of nitrogens with zero attached hydrogens (tertiary/aromatic N) is 3. The van der Waals surface area contributed by atoms with E-state index in [4.69, 9.17) is 0 Å². The van der Waals surface area contributed by atoms with Gasteiger partial charge in [0.05, 0.1) is 0 Å². The predicted octanol–water partition coefficient (Wildman–Crippen LogP) is 4.14. The summed E-state index contributed by atoms with van der Waals surface area (Å²) in [6.07, 6.45) is 6.23. The van der Waals surface area contributed by atoms with Crippen molar-refractivity contribution in [3.05, 3.63) is 59.3 Å². The third-order valence-corrected chi connectivity index (χ3v) is 7.84. The number of hydrogen-bond donors (Lipinski definition) is 1. The molecule has 0 fully saturated rings. The Kier molecular flexibility index (Phi) is 4.42. The molecule has 3 aromatic rings. The second-order valence-corrected chi connectivity index (χ2v) is 9.59. The van der Waals surface area contributed by atoms with Crippen LogP contribution in [0.2, 0.25) is 0 Å². The highest BCUT2D eigenvalue weighted by Crippen LogP contribution is 2.38. The fraction of sp³-hybridized carbons (Fsp3) is 0.333. The molecular formula is C21H21N3OS2. The Bertz CT molecular complexity index is 996. The van der Waals surface area contributed by atoms with Crippen molar-refractivity contribution in [1.29, 1.82) is 0 Å². The fourth-order valence-corrected chi connectivity index (χ4v) is 6.25. The van der Waals surface area contributed by atoms with Crippen LogP contribution in [-0.2, 0) is 12.8 Å². The quantitative estimate of drug-likeness (QED) is 0.533. The molecule has 0 spiro atoms. The molecule has 2 aromatic heterocycles. The Balaban J connectivity index is 1.34. The van der Waals surface area contributed by atoms with E-state index >= 15 is 0 Å². The number of aromatic nitrogens is 2. The average molecular weight is 396 g/mol. The molecule has 27 heavy (non-hydrogen) atoms. The van der Waals surface area contributed by atoms with Crippen LogP contribution in [0.15, 0.2) is 52.5 Å². The Labute approximate surface area is 167 Å². The molecule has 2 atom stereocenters. The van der Waals surface area contributed by atoms with Gasteiger partial charge in [0, 0.05) is 24.5 Å². The van der Waals surface area contributed by atoms with Crippen molar-refractivity contribution >= 4 is 33.4 Å². The van der Waals surface area contributed by atoms with Gasteiger partial charge in [-0.25, -0.2) is 9.97 Å². The normalized spacial score (nSPS) is 22.3. The Hall–Kier alpha value is -1.89. The number of rotatable bonds is 3.